The largest absolute Gasteiger partial charge is 0.477 e. The number of rotatable bonds is 5. The number of thiazole rings is 1. The molecule has 88 valence electrons. The Morgan fingerprint density at radius 2 is 2.31 bits per heavy atom. The molecule has 0 saturated heterocycles. The van der Waals surface area contributed by atoms with Crippen LogP contribution >= 0.6 is 11.3 Å². The van der Waals surface area contributed by atoms with Crippen LogP contribution in [-0.2, 0) is 0 Å². The average molecular weight is 240 g/mol. The second kappa shape index (κ2) is 4.41. The Labute approximate surface area is 98.9 Å². The van der Waals surface area contributed by atoms with Gasteiger partial charge >= 0.3 is 5.97 Å². The second-order valence-corrected chi connectivity index (χ2v) is 5.12. The highest BCUT2D eigenvalue weighted by atomic mass is 32.1. The van der Waals surface area contributed by atoms with Crippen molar-refractivity contribution in [2.45, 2.75) is 39.2 Å². The predicted molar refractivity (Wildman–Crippen MR) is 64.5 cm³/mol. The van der Waals surface area contributed by atoms with Gasteiger partial charge < -0.3 is 10.0 Å². The van der Waals surface area contributed by atoms with Crippen molar-refractivity contribution in [2.75, 3.05) is 11.4 Å². The van der Waals surface area contributed by atoms with Gasteiger partial charge in [0.15, 0.2) is 5.13 Å². The molecule has 1 aromatic heterocycles. The molecule has 0 bridgehead atoms. The molecular weight excluding hydrogens is 224 g/mol. The van der Waals surface area contributed by atoms with Crippen molar-refractivity contribution < 1.29 is 9.90 Å². The van der Waals surface area contributed by atoms with E-state index < -0.39 is 5.97 Å². The number of aryl methyl sites for hydroxylation is 1. The highest BCUT2D eigenvalue weighted by Crippen LogP contribution is 2.35. The maximum atomic E-state index is 11.0. The Kier molecular flexibility index (Phi) is 3.14. The van der Waals surface area contributed by atoms with E-state index in [1.807, 2.05) is 0 Å². The molecule has 0 unspecified atom stereocenters. The van der Waals surface area contributed by atoms with Crippen LogP contribution in [0.15, 0.2) is 0 Å². The Bertz CT molecular complexity index is 399. The molecule has 1 heterocycles. The predicted octanol–water partition coefficient (Wildman–Crippen LogP) is 2.53. The first-order valence-electron chi connectivity index (χ1n) is 5.60. The number of hydrogen-bond donors (Lipinski definition) is 1. The first-order chi connectivity index (χ1) is 7.63. The van der Waals surface area contributed by atoms with E-state index in [-0.39, 0.29) is 0 Å². The van der Waals surface area contributed by atoms with Gasteiger partial charge in [0, 0.05) is 12.6 Å². The fourth-order valence-electron chi connectivity index (χ4n) is 1.76. The minimum Gasteiger partial charge on any atom is -0.477 e. The molecule has 4 nitrogen and oxygen atoms in total. The highest BCUT2D eigenvalue weighted by molar-refractivity contribution is 7.17. The Balaban J connectivity index is 2.23. The molecule has 1 fully saturated rings. The molecule has 0 atom stereocenters. The lowest BCUT2D eigenvalue weighted by Crippen LogP contribution is -2.26. The van der Waals surface area contributed by atoms with Crippen molar-refractivity contribution in [3.63, 3.8) is 0 Å². The molecular formula is C11H16N2O2S. The second-order valence-electron chi connectivity index (χ2n) is 4.14. The molecule has 2 rings (SSSR count). The molecule has 0 aromatic carbocycles. The van der Waals surface area contributed by atoms with Crippen molar-refractivity contribution in [2.24, 2.45) is 0 Å². The van der Waals surface area contributed by atoms with Crippen LogP contribution in [-0.4, -0.2) is 28.6 Å². The van der Waals surface area contributed by atoms with Crippen LogP contribution in [0, 0.1) is 6.92 Å². The maximum absolute atomic E-state index is 11.0. The Morgan fingerprint density at radius 3 is 2.75 bits per heavy atom. The first kappa shape index (κ1) is 11.4. The fourth-order valence-corrected chi connectivity index (χ4v) is 2.77. The van der Waals surface area contributed by atoms with Gasteiger partial charge in [0.25, 0.3) is 0 Å². The summed E-state index contributed by atoms with van der Waals surface area (Å²) in [6, 6.07) is 0.590. The molecule has 5 heteroatoms. The highest BCUT2D eigenvalue weighted by Gasteiger charge is 2.31. The normalized spacial score (nSPS) is 15.1. The third-order valence-corrected chi connectivity index (χ3v) is 3.86. The molecule has 0 aliphatic heterocycles. The van der Waals surface area contributed by atoms with Gasteiger partial charge in [-0.15, -0.1) is 0 Å². The van der Waals surface area contributed by atoms with Crippen LogP contribution in [0.2, 0.25) is 0 Å². The molecule has 1 aliphatic rings. The van der Waals surface area contributed by atoms with E-state index in [0.717, 1.165) is 18.1 Å². The minimum absolute atomic E-state index is 0.372. The lowest BCUT2D eigenvalue weighted by molar-refractivity contribution is 0.0701. The van der Waals surface area contributed by atoms with Gasteiger partial charge in [0.1, 0.15) is 4.88 Å². The SMILES string of the molecule is CCCN(c1nc(C)c(C(=O)O)s1)C1CC1. The third-order valence-electron chi connectivity index (χ3n) is 2.68. The molecule has 1 N–H and O–H groups in total. The molecule has 0 radical (unpaired) electrons. The maximum Gasteiger partial charge on any atom is 0.347 e. The number of aromatic carboxylic acids is 1. The summed E-state index contributed by atoms with van der Waals surface area (Å²) in [5.41, 5.74) is 0.634. The zero-order valence-electron chi connectivity index (χ0n) is 9.56. The summed E-state index contributed by atoms with van der Waals surface area (Å²) in [6.45, 7) is 4.87. The third kappa shape index (κ3) is 2.19. The van der Waals surface area contributed by atoms with Crippen molar-refractivity contribution in [3.05, 3.63) is 10.6 Å². The quantitative estimate of drug-likeness (QED) is 0.859. The number of carboxylic acids is 1. The van der Waals surface area contributed by atoms with Gasteiger partial charge in [-0.25, -0.2) is 9.78 Å². The van der Waals surface area contributed by atoms with Crippen molar-refractivity contribution in [3.8, 4) is 0 Å². The van der Waals surface area contributed by atoms with E-state index in [1.165, 1.54) is 24.2 Å². The lowest BCUT2D eigenvalue weighted by Gasteiger charge is -2.20. The molecule has 16 heavy (non-hydrogen) atoms. The van der Waals surface area contributed by atoms with E-state index in [4.69, 9.17) is 5.11 Å². The van der Waals surface area contributed by atoms with E-state index >= 15 is 0 Å². The molecule has 1 saturated carbocycles. The Hall–Kier alpha value is -1.10. The van der Waals surface area contributed by atoms with E-state index in [0.29, 0.717) is 16.6 Å². The van der Waals surface area contributed by atoms with E-state index in [2.05, 4.69) is 16.8 Å². The Morgan fingerprint density at radius 1 is 1.62 bits per heavy atom. The summed E-state index contributed by atoms with van der Waals surface area (Å²) in [7, 11) is 0. The average Bonchev–Trinajstić information content (AvgIpc) is 2.98. The van der Waals surface area contributed by atoms with Gasteiger partial charge in [0.2, 0.25) is 0 Å². The fraction of sp³-hybridized carbons (Fsp3) is 0.636. The topological polar surface area (TPSA) is 53.4 Å². The number of anilines is 1. The van der Waals surface area contributed by atoms with Crippen LogP contribution in [0.25, 0.3) is 0 Å². The molecule has 0 amide bonds. The van der Waals surface area contributed by atoms with Gasteiger partial charge in [-0.1, -0.05) is 18.3 Å². The standard InChI is InChI=1S/C11H16N2O2S/c1-3-6-13(8-4-5-8)11-12-7(2)9(16-11)10(14)15/h8H,3-6H2,1-2H3,(H,14,15). The number of hydrogen-bond acceptors (Lipinski definition) is 4. The van der Waals surface area contributed by atoms with Crippen LogP contribution in [0.5, 0.6) is 0 Å². The van der Waals surface area contributed by atoms with Gasteiger partial charge in [0.05, 0.1) is 5.69 Å². The number of nitrogens with zero attached hydrogens (tertiary/aromatic N) is 2. The van der Waals surface area contributed by atoms with Crippen LogP contribution in [0.3, 0.4) is 0 Å². The number of carboxylic acid groups (broad SMARTS) is 1. The van der Waals surface area contributed by atoms with Gasteiger partial charge in [-0.3, -0.25) is 0 Å². The van der Waals surface area contributed by atoms with Gasteiger partial charge in [-0.2, -0.15) is 0 Å². The summed E-state index contributed by atoms with van der Waals surface area (Å²) >= 11 is 1.30. The van der Waals surface area contributed by atoms with Crippen molar-refractivity contribution in [1.82, 2.24) is 4.98 Å². The van der Waals surface area contributed by atoms with Crippen molar-refractivity contribution >= 4 is 22.4 Å². The number of aromatic nitrogens is 1. The molecule has 0 spiro atoms. The van der Waals surface area contributed by atoms with Crippen LogP contribution in [0.4, 0.5) is 5.13 Å². The van der Waals surface area contributed by atoms with E-state index in [9.17, 15) is 4.79 Å². The lowest BCUT2D eigenvalue weighted by atomic mass is 10.4. The smallest absolute Gasteiger partial charge is 0.347 e. The summed E-state index contributed by atoms with van der Waals surface area (Å²) in [6.07, 6.45) is 3.49. The molecule has 1 aromatic rings. The van der Waals surface area contributed by atoms with Crippen LogP contribution in [0.1, 0.15) is 41.6 Å². The zero-order chi connectivity index (χ0) is 11.7. The minimum atomic E-state index is -0.867. The van der Waals surface area contributed by atoms with E-state index in [1.54, 1.807) is 6.92 Å². The zero-order valence-corrected chi connectivity index (χ0v) is 10.4. The summed E-state index contributed by atoms with van der Waals surface area (Å²) in [5.74, 6) is -0.867. The summed E-state index contributed by atoms with van der Waals surface area (Å²) < 4.78 is 0. The first-order valence-corrected chi connectivity index (χ1v) is 6.42. The monoisotopic (exact) mass is 240 g/mol. The number of carbonyl (C=O) groups is 1. The van der Waals surface area contributed by atoms with Gasteiger partial charge in [-0.05, 0) is 26.2 Å². The summed E-state index contributed by atoms with van der Waals surface area (Å²) in [4.78, 5) is 18.0. The van der Waals surface area contributed by atoms with Crippen LogP contribution < -0.4 is 4.90 Å². The van der Waals surface area contributed by atoms with Crippen molar-refractivity contribution in [1.29, 1.82) is 0 Å². The summed E-state index contributed by atoms with van der Waals surface area (Å²) in [5, 5.41) is 9.87. The molecule has 1 aliphatic carbocycles.